The summed E-state index contributed by atoms with van der Waals surface area (Å²) < 4.78 is 21.8. The van der Waals surface area contributed by atoms with Crippen molar-refractivity contribution in [1.29, 1.82) is 0 Å². The van der Waals surface area contributed by atoms with E-state index in [4.69, 9.17) is 10.2 Å². The quantitative estimate of drug-likeness (QED) is 0.240. The highest BCUT2D eigenvalue weighted by atomic mass is 33.1. The minimum atomic E-state index is -3.43. The minimum Gasteiger partial charge on any atom is -0.481 e. The van der Waals surface area contributed by atoms with Crippen molar-refractivity contribution in [3.05, 3.63) is 35.9 Å². The zero-order valence-corrected chi connectivity index (χ0v) is 15.4. The summed E-state index contributed by atoms with van der Waals surface area (Å²) in [5.41, 5.74) is -2.29. The maximum Gasteiger partial charge on any atom is 0.321 e. The Bertz CT molecular complexity index is 586. The van der Waals surface area contributed by atoms with E-state index in [2.05, 4.69) is 5.09 Å². The van der Waals surface area contributed by atoms with Crippen molar-refractivity contribution in [1.82, 2.24) is 5.09 Å². The van der Waals surface area contributed by atoms with E-state index in [1.165, 1.54) is 0 Å². The fraction of sp³-hybridized carbons (Fsp3) is 0.429. The second-order valence-electron chi connectivity index (χ2n) is 4.95. The highest BCUT2D eigenvalue weighted by Crippen LogP contribution is 2.64. The topological polar surface area (TPSA) is 124 Å². The van der Waals surface area contributed by atoms with Gasteiger partial charge in [0.25, 0.3) is 5.70 Å². The number of carboxylic acids is 2. The summed E-state index contributed by atoms with van der Waals surface area (Å²) in [6, 6.07) is 8.46. The summed E-state index contributed by atoms with van der Waals surface area (Å²) in [5, 5.41) is 20.1. The molecular weight excluding hydrogens is 373 g/mol. The van der Waals surface area contributed by atoms with Crippen molar-refractivity contribution in [3.63, 3.8) is 0 Å². The first-order valence-electron chi connectivity index (χ1n) is 7.20. The first-order valence-corrected chi connectivity index (χ1v) is 11.9. The van der Waals surface area contributed by atoms with Gasteiger partial charge >= 0.3 is 11.9 Å². The molecule has 24 heavy (non-hydrogen) atoms. The van der Waals surface area contributed by atoms with Crippen molar-refractivity contribution in [3.8, 4) is 0 Å². The average molecular weight is 393 g/mol. The van der Waals surface area contributed by atoms with E-state index in [9.17, 15) is 18.7 Å². The van der Waals surface area contributed by atoms with E-state index in [0.717, 1.165) is 23.4 Å². The van der Waals surface area contributed by atoms with Gasteiger partial charge in [0, 0.05) is 12.2 Å². The second-order valence-corrected chi connectivity index (χ2v) is 12.1. The Labute approximate surface area is 148 Å². The van der Waals surface area contributed by atoms with Crippen molar-refractivity contribution >= 4 is 40.7 Å². The lowest BCUT2D eigenvalue weighted by Gasteiger charge is -2.20. The predicted octanol–water partition coefficient (Wildman–Crippen LogP) is 3.57. The summed E-state index contributed by atoms with van der Waals surface area (Å²) in [4.78, 5) is 21.7. The summed E-state index contributed by atoms with van der Waals surface area (Å²) in [6.45, 7) is 0. The van der Waals surface area contributed by atoms with Gasteiger partial charge in [0.1, 0.15) is 6.04 Å². The van der Waals surface area contributed by atoms with E-state index in [1.54, 1.807) is 0 Å². The van der Waals surface area contributed by atoms with Crippen molar-refractivity contribution in [2.45, 2.75) is 31.7 Å². The molecule has 0 bridgehead atoms. The molecule has 1 aromatic rings. The van der Waals surface area contributed by atoms with Crippen LogP contribution in [0.2, 0.25) is 0 Å². The molecule has 0 spiro atoms. The Hall–Kier alpha value is -0.990. The minimum absolute atomic E-state index is 0.0951. The molecule has 0 aliphatic heterocycles. The Morgan fingerprint density at radius 3 is 2.42 bits per heavy atom. The van der Waals surface area contributed by atoms with Crippen LogP contribution in [0.1, 0.15) is 24.8 Å². The van der Waals surface area contributed by atoms with Crippen LogP contribution in [0.15, 0.2) is 30.3 Å². The maximum absolute atomic E-state index is 12.5. The molecule has 4 N–H and O–H groups in total. The van der Waals surface area contributed by atoms with Gasteiger partial charge in [0.15, 0.2) is 0 Å². The van der Waals surface area contributed by atoms with E-state index >= 15 is 0 Å². The number of carboxylic acid groups (broad SMARTS) is 2. The van der Waals surface area contributed by atoms with Crippen molar-refractivity contribution in [2.24, 2.45) is 0 Å². The van der Waals surface area contributed by atoms with Gasteiger partial charge in [-0.25, -0.2) is 5.09 Å². The van der Waals surface area contributed by atoms with Crippen LogP contribution >= 0.6 is 28.7 Å². The molecule has 0 saturated heterocycles. The van der Waals surface area contributed by atoms with Crippen LogP contribution < -0.4 is 5.09 Å². The number of hydrogen-bond acceptors (Lipinski definition) is 6. The van der Waals surface area contributed by atoms with Crippen LogP contribution in [-0.4, -0.2) is 38.5 Å². The van der Waals surface area contributed by atoms with Gasteiger partial charge in [0.2, 0.25) is 0 Å². The number of carbonyl (C=O) groups is 2. The summed E-state index contributed by atoms with van der Waals surface area (Å²) in [7, 11) is 0. The molecule has 134 valence electrons. The van der Waals surface area contributed by atoms with Crippen LogP contribution in [0, 0.1) is 0 Å². The lowest BCUT2D eigenvalue weighted by molar-refractivity contribution is -0.140. The molecular formula is C14H20NO6PS2. The molecule has 1 rings (SSSR count). The van der Waals surface area contributed by atoms with Crippen molar-refractivity contribution in [2.75, 3.05) is 5.75 Å². The zero-order chi connectivity index (χ0) is 18.0. The molecule has 0 heterocycles. The average Bonchev–Trinajstić information content (AvgIpc) is 2.56. The van der Waals surface area contributed by atoms with Gasteiger partial charge in [-0.1, -0.05) is 41.7 Å². The molecule has 2 unspecified atom stereocenters. The molecule has 1 aromatic carbocycles. The number of benzene rings is 1. The highest BCUT2D eigenvalue weighted by Gasteiger charge is 2.31. The molecule has 0 fully saturated rings. The zero-order valence-electron chi connectivity index (χ0n) is 12.8. The Balaban J connectivity index is 2.49. The normalized spacial score (nSPS) is 14.7. The molecule has 2 atom stereocenters. The SMILES string of the molecule is O=C(O)CCC(NP(=O)(SO)SCCCc1ccccc1)C(=O)O. The lowest BCUT2D eigenvalue weighted by Crippen LogP contribution is -2.34. The standard InChI is InChI=1S/C14H20NO6PS2/c16-13(17)9-8-12(14(18)19)15-22(20,24-21)23-10-4-7-11-5-2-1-3-6-11/h1-3,5-6,12,21H,4,7-10H2,(H,15,20)(H,16,17)(H,18,19). The van der Waals surface area contributed by atoms with Crippen LogP contribution in [-0.2, 0) is 20.6 Å². The lowest BCUT2D eigenvalue weighted by atomic mass is 10.1. The van der Waals surface area contributed by atoms with Crippen LogP contribution in [0.25, 0.3) is 0 Å². The molecule has 0 aromatic heterocycles. The van der Waals surface area contributed by atoms with Gasteiger partial charge in [-0.05, 0) is 24.8 Å². The maximum atomic E-state index is 12.5. The van der Waals surface area contributed by atoms with Crippen LogP contribution in [0.4, 0.5) is 0 Å². The third-order valence-corrected chi connectivity index (χ3v) is 9.13. The second kappa shape index (κ2) is 10.8. The Kier molecular flexibility index (Phi) is 9.46. The van der Waals surface area contributed by atoms with Crippen molar-refractivity contribution < 1.29 is 28.9 Å². The first-order chi connectivity index (χ1) is 11.4. The van der Waals surface area contributed by atoms with Crippen LogP contribution in [0.5, 0.6) is 0 Å². The van der Waals surface area contributed by atoms with Gasteiger partial charge < -0.3 is 14.8 Å². The largest absolute Gasteiger partial charge is 0.481 e. The molecule has 0 saturated carbocycles. The van der Waals surface area contributed by atoms with Gasteiger partial charge in [0.05, 0.1) is 11.7 Å². The molecule has 0 aliphatic rings. The van der Waals surface area contributed by atoms with E-state index in [-0.39, 0.29) is 24.5 Å². The van der Waals surface area contributed by atoms with E-state index in [0.29, 0.717) is 12.2 Å². The Morgan fingerprint density at radius 2 is 1.88 bits per heavy atom. The summed E-state index contributed by atoms with van der Waals surface area (Å²) >= 11 is 1.06. The fourth-order valence-corrected chi connectivity index (χ4v) is 6.67. The predicted molar refractivity (Wildman–Crippen MR) is 96.5 cm³/mol. The smallest absolute Gasteiger partial charge is 0.321 e. The monoisotopic (exact) mass is 393 g/mol. The van der Waals surface area contributed by atoms with E-state index < -0.39 is 23.7 Å². The fourth-order valence-electron chi connectivity index (χ4n) is 1.89. The number of rotatable bonds is 12. The highest BCUT2D eigenvalue weighted by molar-refractivity contribution is 8.88. The molecule has 0 radical (unpaired) electrons. The molecule has 10 heteroatoms. The molecule has 7 nitrogen and oxygen atoms in total. The Morgan fingerprint density at radius 1 is 1.21 bits per heavy atom. The van der Waals surface area contributed by atoms with Gasteiger partial charge in [-0.2, -0.15) is 0 Å². The third kappa shape index (κ3) is 8.21. The number of hydrogen-bond donors (Lipinski definition) is 4. The number of aryl methyl sites for hydroxylation is 1. The summed E-state index contributed by atoms with van der Waals surface area (Å²) in [6.07, 6.45) is 0.928. The number of nitrogens with one attached hydrogen (secondary N) is 1. The first kappa shape index (κ1) is 21.1. The third-order valence-electron chi connectivity index (χ3n) is 3.08. The molecule has 0 amide bonds. The van der Waals surface area contributed by atoms with Gasteiger partial charge in [-0.3, -0.25) is 14.2 Å². The molecule has 0 aliphatic carbocycles. The van der Waals surface area contributed by atoms with Crippen LogP contribution in [0.3, 0.4) is 0 Å². The van der Waals surface area contributed by atoms with Gasteiger partial charge in [-0.15, -0.1) is 0 Å². The summed E-state index contributed by atoms with van der Waals surface area (Å²) in [5.74, 6) is -1.96. The number of aliphatic carboxylic acids is 2. The van der Waals surface area contributed by atoms with E-state index in [1.807, 2.05) is 30.3 Å².